The number of hydrogen-bond acceptors (Lipinski definition) is 2. The Morgan fingerprint density at radius 2 is 1.97 bits per heavy atom. The summed E-state index contributed by atoms with van der Waals surface area (Å²) in [5, 5.41) is 7.45. The first-order chi connectivity index (χ1) is 14.2. The summed E-state index contributed by atoms with van der Waals surface area (Å²) in [7, 11) is 0. The van der Waals surface area contributed by atoms with Crippen LogP contribution in [0.3, 0.4) is 0 Å². The van der Waals surface area contributed by atoms with E-state index < -0.39 is 0 Å². The van der Waals surface area contributed by atoms with Gasteiger partial charge in [0.2, 0.25) is 5.91 Å². The first-order valence-electron chi connectivity index (χ1n) is 10.3. The number of nitrogens with zero attached hydrogens (tertiary/aromatic N) is 2. The maximum atomic E-state index is 11.9. The summed E-state index contributed by atoms with van der Waals surface area (Å²) >= 11 is 6.23. The summed E-state index contributed by atoms with van der Waals surface area (Å²) in [6.45, 7) is 5.75. The summed E-state index contributed by atoms with van der Waals surface area (Å²) in [5.74, 6) is 1.05. The number of benzene rings is 2. The minimum absolute atomic E-state index is 0.255. The monoisotopic (exact) mass is 412 g/mol. The Bertz CT molecular complexity index is 852. The molecule has 3 rings (SSSR count). The third kappa shape index (κ3) is 6.50. The van der Waals surface area contributed by atoms with Gasteiger partial charge in [-0.25, -0.2) is 4.99 Å². The Hall–Kier alpha value is -2.53. The van der Waals surface area contributed by atoms with Gasteiger partial charge in [0.1, 0.15) is 0 Å². The smallest absolute Gasteiger partial charge is 0.222 e. The van der Waals surface area contributed by atoms with Gasteiger partial charge < -0.3 is 15.5 Å². The van der Waals surface area contributed by atoms with Gasteiger partial charge in [0.15, 0.2) is 5.96 Å². The number of nitrogens with one attached hydrogen (secondary N) is 2. The lowest BCUT2D eigenvalue weighted by Gasteiger charge is -2.16. The average molecular weight is 413 g/mol. The molecule has 1 fully saturated rings. The van der Waals surface area contributed by atoms with Crippen LogP contribution in [0.15, 0.2) is 53.5 Å². The lowest BCUT2D eigenvalue weighted by atomic mass is 10.1. The highest BCUT2D eigenvalue weighted by molar-refractivity contribution is 6.31. The van der Waals surface area contributed by atoms with Crippen LogP contribution >= 0.6 is 11.6 Å². The van der Waals surface area contributed by atoms with Crippen molar-refractivity contribution in [3.63, 3.8) is 0 Å². The Morgan fingerprint density at radius 1 is 1.14 bits per heavy atom. The van der Waals surface area contributed by atoms with E-state index in [1.165, 1.54) is 0 Å². The predicted molar refractivity (Wildman–Crippen MR) is 119 cm³/mol. The summed E-state index contributed by atoms with van der Waals surface area (Å²) in [5.41, 5.74) is 3.42. The van der Waals surface area contributed by atoms with Gasteiger partial charge in [-0.1, -0.05) is 54.1 Å². The van der Waals surface area contributed by atoms with Crippen LogP contribution in [0.4, 0.5) is 0 Å². The second-order valence-corrected chi connectivity index (χ2v) is 7.61. The van der Waals surface area contributed by atoms with E-state index in [9.17, 15) is 4.79 Å². The standard InChI is InChI=1S/C23H29ClN4O/c1-2-25-23(26-13-12-20-9-3-4-10-21(20)24)27-16-18-7-5-8-19(15-18)17-28-14-6-11-22(28)29/h3-5,7-10,15H,2,6,11-14,16-17H2,1H3,(H2,25,26,27). The van der Waals surface area contributed by atoms with E-state index in [0.29, 0.717) is 19.5 Å². The summed E-state index contributed by atoms with van der Waals surface area (Å²) in [6, 6.07) is 16.2. The van der Waals surface area contributed by atoms with Crippen molar-refractivity contribution in [2.75, 3.05) is 19.6 Å². The minimum atomic E-state index is 0.255. The maximum Gasteiger partial charge on any atom is 0.222 e. The fourth-order valence-electron chi connectivity index (χ4n) is 3.45. The van der Waals surface area contributed by atoms with Crippen LogP contribution in [0.1, 0.15) is 36.5 Å². The van der Waals surface area contributed by atoms with E-state index >= 15 is 0 Å². The van der Waals surface area contributed by atoms with E-state index in [4.69, 9.17) is 16.6 Å². The molecule has 1 aliphatic rings. The normalized spacial score (nSPS) is 14.3. The Morgan fingerprint density at radius 3 is 2.72 bits per heavy atom. The Kier molecular flexibility index (Phi) is 7.94. The first-order valence-corrected chi connectivity index (χ1v) is 10.6. The molecule has 1 saturated heterocycles. The topological polar surface area (TPSA) is 56.7 Å². The van der Waals surface area contributed by atoms with Gasteiger partial charge in [0.25, 0.3) is 0 Å². The van der Waals surface area contributed by atoms with Crippen LogP contribution in [0.2, 0.25) is 5.02 Å². The van der Waals surface area contributed by atoms with Crippen LogP contribution in [0, 0.1) is 0 Å². The van der Waals surface area contributed by atoms with E-state index in [1.54, 1.807) is 0 Å². The van der Waals surface area contributed by atoms with Crippen molar-refractivity contribution in [3.05, 3.63) is 70.2 Å². The summed E-state index contributed by atoms with van der Waals surface area (Å²) < 4.78 is 0. The zero-order chi connectivity index (χ0) is 20.5. The molecule has 0 saturated carbocycles. The largest absolute Gasteiger partial charge is 0.357 e. The van der Waals surface area contributed by atoms with Gasteiger partial charge in [-0.2, -0.15) is 0 Å². The molecule has 2 aromatic rings. The van der Waals surface area contributed by atoms with Crippen molar-refractivity contribution in [1.82, 2.24) is 15.5 Å². The fraction of sp³-hybridized carbons (Fsp3) is 0.391. The first kappa shape index (κ1) is 21.2. The molecular weight excluding hydrogens is 384 g/mol. The van der Waals surface area contributed by atoms with Crippen molar-refractivity contribution in [3.8, 4) is 0 Å². The second kappa shape index (κ2) is 10.9. The van der Waals surface area contributed by atoms with E-state index in [1.807, 2.05) is 35.2 Å². The molecule has 0 unspecified atom stereocenters. The lowest BCUT2D eigenvalue weighted by molar-refractivity contribution is -0.128. The highest BCUT2D eigenvalue weighted by Crippen LogP contribution is 2.16. The van der Waals surface area contributed by atoms with Crippen LogP contribution in [0.25, 0.3) is 0 Å². The maximum absolute atomic E-state index is 11.9. The quantitative estimate of drug-likeness (QED) is 0.512. The number of hydrogen-bond donors (Lipinski definition) is 2. The van der Waals surface area contributed by atoms with Crippen molar-refractivity contribution in [2.45, 2.75) is 39.3 Å². The van der Waals surface area contributed by atoms with Crippen LogP contribution < -0.4 is 10.6 Å². The molecule has 6 heteroatoms. The molecule has 29 heavy (non-hydrogen) atoms. The molecule has 1 heterocycles. The number of amides is 1. The zero-order valence-electron chi connectivity index (χ0n) is 17.0. The predicted octanol–water partition coefficient (Wildman–Crippen LogP) is 3.76. The molecule has 5 nitrogen and oxygen atoms in total. The highest BCUT2D eigenvalue weighted by atomic mass is 35.5. The molecule has 2 N–H and O–H groups in total. The second-order valence-electron chi connectivity index (χ2n) is 7.20. The zero-order valence-corrected chi connectivity index (χ0v) is 17.7. The van der Waals surface area contributed by atoms with Crippen molar-refractivity contribution in [2.24, 2.45) is 4.99 Å². The number of guanidine groups is 1. The van der Waals surface area contributed by atoms with Gasteiger partial charge in [-0.05, 0) is 42.5 Å². The number of carbonyl (C=O) groups excluding carboxylic acids is 1. The van der Waals surface area contributed by atoms with Crippen molar-refractivity contribution in [1.29, 1.82) is 0 Å². The van der Waals surface area contributed by atoms with E-state index in [0.717, 1.165) is 60.1 Å². The SMILES string of the molecule is CCNC(=NCc1cccc(CN2CCCC2=O)c1)NCCc1ccccc1Cl. The minimum Gasteiger partial charge on any atom is -0.357 e. The van der Waals surface area contributed by atoms with Crippen molar-refractivity contribution < 1.29 is 4.79 Å². The van der Waals surface area contributed by atoms with Crippen molar-refractivity contribution >= 4 is 23.5 Å². The van der Waals surface area contributed by atoms with Gasteiger partial charge in [-0.3, -0.25) is 4.79 Å². The summed E-state index contributed by atoms with van der Waals surface area (Å²) in [6.07, 6.45) is 2.48. The third-order valence-electron chi connectivity index (χ3n) is 4.94. The van der Waals surface area contributed by atoms with Gasteiger partial charge in [0.05, 0.1) is 6.54 Å². The number of carbonyl (C=O) groups is 1. The van der Waals surface area contributed by atoms with Crippen LogP contribution in [-0.4, -0.2) is 36.4 Å². The third-order valence-corrected chi connectivity index (χ3v) is 5.31. The van der Waals surface area contributed by atoms with Crippen LogP contribution in [0.5, 0.6) is 0 Å². The summed E-state index contributed by atoms with van der Waals surface area (Å²) in [4.78, 5) is 18.5. The fourth-order valence-corrected chi connectivity index (χ4v) is 3.68. The van der Waals surface area contributed by atoms with Crippen LogP contribution in [-0.2, 0) is 24.3 Å². The number of rotatable bonds is 8. The van der Waals surface area contributed by atoms with Gasteiger partial charge in [0, 0.05) is 37.6 Å². The number of halogens is 1. The average Bonchev–Trinajstić information content (AvgIpc) is 3.12. The Balaban J connectivity index is 1.55. The molecule has 2 aromatic carbocycles. The Labute approximate surface area is 178 Å². The van der Waals surface area contributed by atoms with Gasteiger partial charge >= 0.3 is 0 Å². The molecule has 1 aliphatic heterocycles. The van der Waals surface area contributed by atoms with E-state index in [2.05, 4.69) is 35.8 Å². The number of likely N-dealkylation sites (tertiary alicyclic amines) is 1. The molecule has 0 spiro atoms. The highest BCUT2D eigenvalue weighted by Gasteiger charge is 2.19. The lowest BCUT2D eigenvalue weighted by Crippen LogP contribution is -2.38. The molecule has 0 aromatic heterocycles. The molecular formula is C23H29ClN4O. The molecule has 154 valence electrons. The molecule has 0 atom stereocenters. The number of aliphatic imine (C=N–C) groups is 1. The molecule has 1 amide bonds. The van der Waals surface area contributed by atoms with E-state index in [-0.39, 0.29) is 5.91 Å². The molecule has 0 radical (unpaired) electrons. The van der Waals surface area contributed by atoms with Gasteiger partial charge in [-0.15, -0.1) is 0 Å². The molecule has 0 bridgehead atoms. The molecule has 0 aliphatic carbocycles.